The van der Waals surface area contributed by atoms with Crippen LogP contribution in [0.25, 0.3) is 0 Å². The highest BCUT2D eigenvalue weighted by atomic mass is 79.9. The van der Waals surface area contributed by atoms with Crippen LogP contribution in [0.1, 0.15) is 18.1 Å². The van der Waals surface area contributed by atoms with Gasteiger partial charge >= 0.3 is 0 Å². The predicted molar refractivity (Wildman–Crippen MR) is 69.3 cm³/mol. The van der Waals surface area contributed by atoms with Gasteiger partial charge < -0.3 is 5.11 Å². The van der Waals surface area contributed by atoms with Crippen LogP contribution in [-0.4, -0.2) is 16.6 Å². The van der Waals surface area contributed by atoms with Crippen molar-refractivity contribution < 1.29 is 5.11 Å². The zero-order chi connectivity index (χ0) is 11.1. The third kappa shape index (κ3) is 1.97. The van der Waals surface area contributed by atoms with E-state index in [0.717, 1.165) is 21.5 Å². The number of halogens is 1. The van der Waals surface area contributed by atoms with Crippen LogP contribution in [0.15, 0.2) is 22.7 Å². The molecule has 2 unspecified atom stereocenters. The van der Waals surface area contributed by atoms with E-state index in [4.69, 9.17) is 0 Å². The fourth-order valence-corrected chi connectivity index (χ4v) is 3.71. The largest absolute Gasteiger partial charge is 0.384 e. The monoisotopic (exact) mass is 286 g/mol. The second-order valence-electron chi connectivity index (χ2n) is 4.30. The van der Waals surface area contributed by atoms with Crippen molar-refractivity contribution >= 4 is 27.7 Å². The maximum Gasteiger partial charge on any atom is 0.102 e. The van der Waals surface area contributed by atoms with Crippen LogP contribution in [0, 0.1) is 12.8 Å². The molecule has 0 aliphatic carbocycles. The van der Waals surface area contributed by atoms with Crippen molar-refractivity contribution in [3.8, 4) is 0 Å². The van der Waals surface area contributed by atoms with E-state index in [2.05, 4.69) is 35.8 Å². The third-order valence-electron chi connectivity index (χ3n) is 3.16. The molecular formula is C12H15BrOS. The number of aryl methyl sites for hydroxylation is 1. The lowest BCUT2D eigenvalue weighted by Crippen LogP contribution is -2.32. The molecule has 0 bridgehead atoms. The first-order valence-corrected chi connectivity index (χ1v) is 7.05. The van der Waals surface area contributed by atoms with E-state index in [1.54, 1.807) is 0 Å². The lowest BCUT2D eigenvalue weighted by Gasteiger charge is -2.27. The molecule has 82 valence electrons. The summed E-state index contributed by atoms with van der Waals surface area (Å²) in [6.45, 7) is 4.18. The number of rotatable bonds is 1. The Kier molecular flexibility index (Phi) is 3.15. The van der Waals surface area contributed by atoms with Crippen LogP contribution in [-0.2, 0) is 5.60 Å². The van der Waals surface area contributed by atoms with E-state index in [1.165, 1.54) is 5.56 Å². The number of thioether (sulfide) groups is 1. The second-order valence-corrected chi connectivity index (χ2v) is 6.19. The fourth-order valence-electron chi connectivity index (χ4n) is 1.95. The quantitative estimate of drug-likeness (QED) is 0.855. The van der Waals surface area contributed by atoms with Gasteiger partial charge in [0.2, 0.25) is 0 Å². The number of hydrogen-bond acceptors (Lipinski definition) is 2. The summed E-state index contributed by atoms with van der Waals surface area (Å²) in [6.07, 6.45) is 0. The molecule has 0 radical (unpaired) electrons. The Morgan fingerprint density at radius 3 is 2.80 bits per heavy atom. The average Bonchev–Trinajstić information content (AvgIpc) is 2.53. The van der Waals surface area contributed by atoms with E-state index in [1.807, 2.05) is 23.9 Å². The Balaban J connectivity index is 2.40. The zero-order valence-corrected chi connectivity index (χ0v) is 11.4. The van der Waals surface area contributed by atoms with Crippen molar-refractivity contribution in [2.45, 2.75) is 19.4 Å². The summed E-state index contributed by atoms with van der Waals surface area (Å²) in [5, 5.41) is 10.6. The Morgan fingerprint density at radius 2 is 2.27 bits per heavy atom. The molecule has 1 N–H and O–H groups in total. The molecule has 0 aromatic heterocycles. The predicted octanol–water partition coefficient (Wildman–Crippen LogP) is 3.33. The highest BCUT2D eigenvalue weighted by Crippen LogP contribution is 2.41. The molecule has 1 aliphatic heterocycles. The normalized spacial score (nSPS) is 30.8. The molecule has 0 saturated carbocycles. The minimum absolute atomic E-state index is 0.336. The summed E-state index contributed by atoms with van der Waals surface area (Å²) in [7, 11) is 0. The maximum atomic E-state index is 10.6. The summed E-state index contributed by atoms with van der Waals surface area (Å²) in [5.74, 6) is 2.20. The average molecular weight is 287 g/mol. The molecule has 2 atom stereocenters. The van der Waals surface area contributed by atoms with Crippen LogP contribution in [0.4, 0.5) is 0 Å². The van der Waals surface area contributed by atoms with E-state index >= 15 is 0 Å². The fraction of sp³-hybridized carbons (Fsp3) is 0.500. The summed E-state index contributed by atoms with van der Waals surface area (Å²) in [4.78, 5) is 0. The van der Waals surface area contributed by atoms with Crippen molar-refractivity contribution in [2.24, 2.45) is 5.92 Å². The molecule has 0 amide bonds. The van der Waals surface area contributed by atoms with Crippen LogP contribution in [0.3, 0.4) is 0 Å². The van der Waals surface area contributed by atoms with Gasteiger partial charge in [-0.25, -0.2) is 0 Å². The topological polar surface area (TPSA) is 20.2 Å². The lowest BCUT2D eigenvalue weighted by atomic mass is 9.85. The van der Waals surface area contributed by atoms with Crippen LogP contribution < -0.4 is 0 Å². The zero-order valence-electron chi connectivity index (χ0n) is 8.96. The molecule has 1 fully saturated rings. The van der Waals surface area contributed by atoms with Gasteiger partial charge in [-0.2, -0.15) is 11.8 Å². The summed E-state index contributed by atoms with van der Waals surface area (Å²) in [6, 6.07) is 6.14. The molecule has 2 rings (SSSR count). The Labute approximate surface area is 103 Å². The summed E-state index contributed by atoms with van der Waals surface area (Å²) < 4.78 is 1.10. The Bertz CT molecular complexity index is 380. The molecule has 1 saturated heterocycles. The summed E-state index contributed by atoms with van der Waals surface area (Å²) >= 11 is 5.32. The first-order chi connectivity index (χ1) is 7.04. The second kappa shape index (κ2) is 4.11. The molecule has 1 aliphatic rings. The van der Waals surface area contributed by atoms with Gasteiger partial charge in [0.15, 0.2) is 0 Å². The van der Waals surface area contributed by atoms with Crippen molar-refractivity contribution in [3.05, 3.63) is 33.8 Å². The molecule has 1 aromatic carbocycles. The SMILES string of the molecule is Cc1cc(C2(O)CSCC2C)ccc1Br. The van der Waals surface area contributed by atoms with Gasteiger partial charge in [0.05, 0.1) is 0 Å². The molecule has 0 spiro atoms. The van der Waals surface area contributed by atoms with Crippen LogP contribution in [0.5, 0.6) is 0 Å². The van der Waals surface area contributed by atoms with Crippen molar-refractivity contribution in [1.29, 1.82) is 0 Å². The van der Waals surface area contributed by atoms with Gasteiger partial charge in [0.1, 0.15) is 5.60 Å². The van der Waals surface area contributed by atoms with Gasteiger partial charge in [-0.3, -0.25) is 0 Å². The standard InChI is InChI=1S/C12H15BrOS/c1-8-5-10(3-4-11(8)13)12(14)7-15-6-9(12)2/h3-5,9,14H,6-7H2,1-2H3. The van der Waals surface area contributed by atoms with Crippen molar-refractivity contribution in [2.75, 3.05) is 11.5 Å². The molecule has 3 heteroatoms. The van der Waals surface area contributed by atoms with Gasteiger partial charge in [-0.05, 0) is 35.8 Å². The Morgan fingerprint density at radius 1 is 1.53 bits per heavy atom. The van der Waals surface area contributed by atoms with E-state index in [-0.39, 0.29) is 0 Å². The molecule has 1 heterocycles. The number of benzene rings is 1. The first kappa shape index (κ1) is 11.5. The van der Waals surface area contributed by atoms with E-state index in [0.29, 0.717) is 5.92 Å². The Hall–Kier alpha value is 0.01000. The van der Waals surface area contributed by atoms with Gasteiger partial charge in [0, 0.05) is 10.2 Å². The molecule has 1 aromatic rings. The minimum atomic E-state index is -0.629. The smallest absolute Gasteiger partial charge is 0.102 e. The third-order valence-corrected chi connectivity index (χ3v) is 5.43. The molecular weight excluding hydrogens is 272 g/mol. The highest BCUT2D eigenvalue weighted by Gasteiger charge is 2.40. The van der Waals surface area contributed by atoms with Crippen LogP contribution >= 0.6 is 27.7 Å². The maximum absolute atomic E-state index is 10.6. The van der Waals surface area contributed by atoms with E-state index < -0.39 is 5.60 Å². The number of aliphatic hydroxyl groups is 1. The van der Waals surface area contributed by atoms with Gasteiger partial charge in [0.25, 0.3) is 0 Å². The highest BCUT2D eigenvalue weighted by molar-refractivity contribution is 9.10. The first-order valence-electron chi connectivity index (χ1n) is 5.11. The summed E-state index contributed by atoms with van der Waals surface area (Å²) in [5.41, 5.74) is 1.61. The van der Waals surface area contributed by atoms with Gasteiger partial charge in [-0.1, -0.05) is 35.0 Å². The minimum Gasteiger partial charge on any atom is -0.384 e. The van der Waals surface area contributed by atoms with Crippen LogP contribution in [0.2, 0.25) is 0 Å². The van der Waals surface area contributed by atoms with Gasteiger partial charge in [-0.15, -0.1) is 0 Å². The van der Waals surface area contributed by atoms with E-state index in [9.17, 15) is 5.11 Å². The van der Waals surface area contributed by atoms with Crippen molar-refractivity contribution in [1.82, 2.24) is 0 Å². The van der Waals surface area contributed by atoms with Crippen molar-refractivity contribution in [3.63, 3.8) is 0 Å². The molecule has 15 heavy (non-hydrogen) atoms. The number of hydrogen-bond donors (Lipinski definition) is 1. The lowest BCUT2D eigenvalue weighted by molar-refractivity contribution is 0.0234. The molecule has 1 nitrogen and oxygen atoms in total.